The first-order valence-corrected chi connectivity index (χ1v) is 9.69. The maximum absolute atomic E-state index is 13.8. The van der Waals surface area contributed by atoms with E-state index >= 15 is 0 Å². The molecule has 1 aliphatic heterocycles. The zero-order valence-electron chi connectivity index (χ0n) is 17.0. The van der Waals surface area contributed by atoms with E-state index < -0.39 is 17.6 Å². The van der Waals surface area contributed by atoms with Gasteiger partial charge in [-0.1, -0.05) is 13.8 Å². The first-order chi connectivity index (χ1) is 14.7. The minimum Gasteiger partial charge on any atom is -0.483 e. The largest absolute Gasteiger partial charge is 0.483 e. The van der Waals surface area contributed by atoms with Crippen molar-refractivity contribution < 1.29 is 27.5 Å². The second-order valence-electron chi connectivity index (χ2n) is 8.37. The van der Waals surface area contributed by atoms with Gasteiger partial charge in [-0.2, -0.15) is 5.26 Å². The van der Waals surface area contributed by atoms with Crippen molar-refractivity contribution >= 4 is 5.78 Å². The number of ketones is 1. The second-order valence-corrected chi connectivity index (χ2v) is 8.37. The first-order valence-electron chi connectivity index (χ1n) is 9.69. The molecule has 0 radical (unpaired) electrons. The molecule has 1 aliphatic carbocycles. The number of hydrogen-bond donors (Lipinski definition) is 1. The average molecular weight is 426 g/mol. The van der Waals surface area contributed by atoms with E-state index in [0.29, 0.717) is 35.7 Å². The molecule has 1 unspecified atom stereocenters. The molecule has 1 aromatic heterocycles. The predicted octanol–water partition coefficient (Wildman–Crippen LogP) is 4.59. The van der Waals surface area contributed by atoms with Crippen LogP contribution in [0.5, 0.6) is 5.75 Å². The SMILES string of the molecule is CC1(C)CC(=O)C2=C(C1)OC(N)=C(C#N)C2c1ccc(COc2ccc(F)cc2F)o1. The van der Waals surface area contributed by atoms with Crippen molar-refractivity contribution in [2.45, 2.75) is 39.2 Å². The lowest BCUT2D eigenvalue weighted by Crippen LogP contribution is -2.33. The third kappa shape index (κ3) is 3.91. The third-order valence-electron chi connectivity index (χ3n) is 5.31. The molecular formula is C23H20F2N2O4. The predicted molar refractivity (Wildman–Crippen MR) is 105 cm³/mol. The highest BCUT2D eigenvalue weighted by Gasteiger charge is 2.44. The zero-order chi connectivity index (χ0) is 22.3. The Labute approximate surface area is 177 Å². The lowest BCUT2D eigenvalue weighted by molar-refractivity contribution is -0.119. The maximum Gasteiger partial charge on any atom is 0.205 e. The van der Waals surface area contributed by atoms with E-state index in [-0.39, 0.29) is 35.0 Å². The topological polar surface area (TPSA) is 98.5 Å². The molecule has 0 saturated heterocycles. The van der Waals surface area contributed by atoms with Gasteiger partial charge in [0.05, 0.1) is 5.92 Å². The molecule has 31 heavy (non-hydrogen) atoms. The Morgan fingerprint density at radius 2 is 2.03 bits per heavy atom. The summed E-state index contributed by atoms with van der Waals surface area (Å²) in [4.78, 5) is 12.9. The Balaban J connectivity index is 1.63. The minimum atomic E-state index is -0.830. The van der Waals surface area contributed by atoms with Crippen LogP contribution in [0.4, 0.5) is 8.78 Å². The molecule has 0 spiro atoms. The molecule has 0 saturated carbocycles. The van der Waals surface area contributed by atoms with Crippen molar-refractivity contribution in [2.75, 3.05) is 0 Å². The average Bonchev–Trinajstić information content (AvgIpc) is 3.14. The monoisotopic (exact) mass is 426 g/mol. The number of nitrogens with zero attached hydrogens (tertiary/aromatic N) is 1. The molecule has 0 bridgehead atoms. The molecule has 160 valence electrons. The van der Waals surface area contributed by atoms with Crippen LogP contribution in [0.25, 0.3) is 0 Å². The van der Waals surface area contributed by atoms with Gasteiger partial charge in [0.15, 0.2) is 17.3 Å². The van der Waals surface area contributed by atoms with Crippen molar-refractivity contribution in [2.24, 2.45) is 11.1 Å². The molecule has 1 atom stereocenters. The van der Waals surface area contributed by atoms with Crippen molar-refractivity contribution in [3.8, 4) is 11.8 Å². The van der Waals surface area contributed by atoms with Gasteiger partial charge >= 0.3 is 0 Å². The van der Waals surface area contributed by atoms with Crippen molar-refractivity contribution in [1.29, 1.82) is 5.26 Å². The highest BCUT2D eigenvalue weighted by atomic mass is 19.1. The highest BCUT2D eigenvalue weighted by Crippen LogP contribution is 2.48. The van der Waals surface area contributed by atoms with Crippen LogP contribution in [0.3, 0.4) is 0 Å². The molecule has 2 aromatic rings. The number of carbonyl (C=O) groups excluding carboxylic acids is 1. The Morgan fingerprint density at radius 3 is 2.74 bits per heavy atom. The summed E-state index contributed by atoms with van der Waals surface area (Å²) in [6.45, 7) is 3.80. The summed E-state index contributed by atoms with van der Waals surface area (Å²) in [6, 6.07) is 8.25. The fourth-order valence-corrected chi connectivity index (χ4v) is 3.94. The van der Waals surface area contributed by atoms with E-state index in [2.05, 4.69) is 0 Å². The number of benzene rings is 1. The molecule has 2 heterocycles. The van der Waals surface area contributed by atoms with Crippen LogP contribution in [-0.2, 0) is 16.1 Å². The van der Waals surface area contributed by atoms with E-state index in [1.165, 1.54) is 6.07 Å². The minimum absolute atomic E-state index is 0.0562. The Bertz CT molecular complexity index is 1170. The second kappa shape index (κ2) is 7.58. The number of rotatable bonds is 4. The van der Waals surface area contributed by atoms with Crippen molar-refractivity contribution in [3.05, 3.63) is 76.3 Å². The maximum atomic E-state index is 13.8. The first kappa shape index (κ1) is 20.7. The number of nitriles is 1. The summed E-state index contributed by atoms with van der Waals surface area (Å²) >= 11 is 0. The number of halogens is 2. The number of hydrogen-bond acceptors (Lipinski definition) is 6. The number of ether oxygens (including phenoxy) is 2. The van der Waals surface area contributed by atoms with Gasteiger partial charge < -0.3 is 19.6 Å². The summed E-state index contributed by atoms with van der Waals surface area (Å²) in [6.07, 6.45) is 0.815. The van der Waals surface area contributed by atoms with Gasteiger partial charge in [-0.3, -0.25) is 4.79 Å². The van der Waals surface area contributed by atoms with Gasteiger partial charge in [0.2, 0.25) is 5.88 Å². The summed E-state index contributed by atoms with van der Waals surface area (Å²) in [7, 11) is 0. The van der Waals surface area contributed by atoms with Crippen LogP contribution in [0.2, 0.25) is 0 Å². The van der Waals surface area contributed by atoms with Crippen LogP contribution in [0.15, 0.2) is 57.5 Å². The molecule has 2 aliphatic rings. The number of carbonyl (C=O) groups is 1. The zero-order valence-corrected chi connectivity index (χ0v) is 17.0. The molecule has 4 rings (SSSR count). The molecule has 1 aromatic carbocycles. The van der Waals surface area contributed by atoms with Gasteiger partial charge in [-0.05, 0) is 29.7 Å². The van der Waals surface area contributed by atoms with Gasteiger partial charge in [-0.15, -0.1) is 0 Å². The molecule has 0 fully saturated rings. The molecular weight excluding hydrogens is 406 g/mol. The summed E-state index contributed by atoms with van der Waals surface area (Å²) in [5.74, 6) is -1.50. The van der Waals surface area contributed by atoms with Crippen molar-refractivity contribution in [3.63, 3.8) is 0 Å². The number of Topliss-reactive ketones (excluding diaryl/α,β-unsaturated/α-hetero) is 1. The van der Waals surface area contributed by atoms with E-state index in [9.17, 15) is 18.8 Å². The molecule has 8 heteroatoms. The van der Waals surface area contributed by atoms with Gasteiger partial charge in [0.25, 0.3) is 0 Å². The van der Waals surface area contributed by atoms with Crippen LogP contribution >= 0.6 is 0 Å². The van der Waals surface area contributed by atoms with E-state index in [1.807, 2.05) is 19.9 Å². The fraction of sp³-hybridized carbons (Fsp3) is 0.304. The van der Waals surface area contributed by atoms with E-state index in [0.717, 1.165) is 12.1 Å². The summed E-state index contributed by atoms with van der Waals surface area (Å²) in [5, 5.41) is 9.64. The van der Waals surface area contributed by atoms with Gasteiger partial charge in [-0.25, -0.2) is 8.78 Å². The number of allylic oxidation sites excluding steroid dienone is 3. The van der Waals surface area contributed by atoms with Crippen LogP contribution in [-0.4, -0.2) is 5.78 Å². The molecule has 2 N–H and O–H groups in total. The Morgan fingerprint density at radius 1 is 1.26 bits per heavy atom. The van der Waals surface area contributed by atoms with Crippen LogP contribution in [0.1, 0.15) is 44.1 Å². The van der Waals surface area contributed by atoms with Crippen LogP contribution in [0, 0.1) is 28.4 Å². The smallest absolute Gasteiger partial charge is 0.205 e. The Kier molecular flexibility index (Phi) is 5.05. The van der Waals surface area contributed by atoms with Crippen LogP contribution < -0.4 is 10.5 Å². The Hall–Kier alpha value is -3.60. The standard InChI is InChI=1S/C23H20F2N2O4/c1-23(2)8-16(28)21-19(9-23)31-22(27)14(10-26)20(21)18-6-4-13(30-18)11-29-17-5-3-12(24)7-15(17)25/h3-7,20H,8-9,11,27H2,1-2H3. The quantitative estimate of drug-likeness (QED) is 0.768. The van der Waals surface area contributed by atoms with E-state index in [1.54, 1.807) is 12.1 Å². The number of nitrogens with two attached hydrogens (primary N) is 1. The third-order valence-corrected chi connectivity index (χ3v) is 5.31. The van der Waals surface area contributed by atoms with Gasteiger partial charge in [0.1, 0.15) is 41.3 Å². The molecule has 6 nitrogen and oxygen atoms in total. The number of furan rings is 1. The molecule has 0 amide bonds. The lowest BCUT2D eigenvalue weighted by Gasteiger charge is -2.36. The lowest BCUT2D eigenvalue weighted by atomic mass is 9.71. The van der Waals surface area contributed by atoms with Gasteiger partial charge in [0, 0.05) is 24.5 Å². The fourth-order valence-electron chi connectivity index (χ4n) is 3.94. The highest BCUT2D eigenvalue weighted by molar-refractivity contribution is 5.99. The van der Waals surface area contributed by atoms with E-state index in [4.69, 9.17) is 19.6 Å². The normalized spacial score (nSPS) is 20.2. The summed E-state index contributed by atoms with van der Waals surface area (Å²) in [5.41, 5.74) is 6.16. The summed E-state index contributed by atoms with van der Waals surface area (Å²) < 4.78 is 43.7. The van der Waals surface area contributed by atoms with Crippen molar-refractivity contribution in [1.82, 2.24) is 0 Å².